The zero-order valence-electron chi connectivity index (χ0n) is 16.3. The minimum absolute atomic E-state index is 0.144. The fourth-order valence-corrected chi connectivity index (χ4v) is 3.44. The number of halogens is 3. The third kappa shape index (κ3) is 4.73. The number of aromatic nitrogens is 2. The Morgan fingerprint density at radius 3 is 2.55 bits per heavy atom. The van der Waals surface area contributed by atoms with E-state index >= 15 is 0 Å². The van der Waals surface area contributed by atoms with Crippen molar-refractivity contribution in [3.05, 3.63) is 52.0 Å². The normalized spacial score (nSPS) is 16.1. The van der Waals surface area contributed by atoms with Crippen LogP contribution in [0.5, 0.6) is 0 Å². The highest BCUT2D eigenvalue weighted by Crippen LogP contribution is 2.35. The molecule has 1 atom stereocenters. The molecule has 0 aliphatic carbocycles. The summed E-state index contributed by atoms with van der Waals surface area (Å²) in [6.07, 6.45) is -4.07. The third-order valence-electron chi connectivity index (χ3n) is 4.82. The molecule has 2 heterocycles. The highest BCUT2D eigenvalue weighted by molar-refractivity contribution is 5.77. The minimum atomic E-state index is -4.43. The van der Waals surface area contributed by atoms with Crippen LogP contribution in [0.25, 0.3) is 0 Å². The number of anilines is 1. The molecule has 0 saturated carbocycles. The molecule has 1 aliphatic rings. The summed E-state index contributed by atoms with van der Waals surface area (Å²) in [6.45, 7) is 5.74. The Hall–Kier alpha value is -2.52. The highest BCUT2D eigenvalue weighted by atomic mass is 19.4. The van der Waals surface area contributed by atoms with Crippen LogP contribution in [0, 0.1) is 13.8 Å². The number of nitrogens with zero attached hydrogens (tertiary/aromatic N) is 2. The Labute approximate surface area is 166 Å². The summed E-state index contributed by atoms with van der Waals surface area (Å²) >= 11 is 0. The van der Waals surface area contributed by atoms with Crippen LogP contribution in [-0.4, -0.2) is 35.8 Å². The van der Waals surface area contributed by atoms with Crippen molar-refractivity contribution in [1.82, 2.24) is 9.97 Å². The van der Waals surface area contributed by atoms with Gasteiger partial charge < -0.3 is 14.8 Å². The standard InChI is InChI=1S/C20H22F3N3O3/c1-11-14(5-4-6-16(11)20(21,22)23)12(2)24-19-15(9-18-28-7-8-29-18)17(10-27)25-13(3)26-19/h4-6,10,12,18H,7-9H2,1-3H3,(H,24,25,26)/t12-/m1/s1. The van der Waals surface area contributed by atoms with E-state index in [4.69, 9.17) is 9.47 Å². The quantitative estimate of drug-likeness (QED) is 0.727. The van der Waals surface area contributed by atoms with Crippen molar-refractivity contribution in [2.75, 3.05) is 18.5 Å². The van der Waals surface area contributed by atoms with E-state index in [0.717, 1.165) is 6.07 Å². The molecule has 9 heteroatoms. The topological polar surface area (TPSA) is 73.3 Å². The number of alkyl halides is 3. The van der Waals surface area contributed by atoms with Crippen molar-refractivity contribution in [2.24, 2.45) is 0 Å². The number of aryl methyl sites for hydroxylation is 1. The number of nitrogens with one attached hydrogen (secondary N) is 1. The Kier molecular flexibility index (Phi) is 6.18. The van der Waals surface area contributed by atoms with Gasteiger partial charge >= 0.3 is 6.18 Å². The highest BCUT2D eigenvalue weighted by Gasteiger charge is 2.33. The second kappa shape index (κ2) is 8.46. The van der Waals surface area contributed by atoms with Gasteiger partial charge in [0.1, 0.15) is 17.3 Å². The van der Waals surface area contributed by atoms with Crippen LogP contribution in [0.3, 0.4) is 0 Å². The second-order valence-corrected chi connectivity index (χ2v) is 6.86. The zero-order valence-corrected chi connectivity index (χ0v) is 16.3. The van der Waals surface area contributed by atoms with Gasteiger partial charge in [0.2, 0.25) is 0 Å². The van der Waals surface area contributed by atoms with Gasteiger partial charge in [0.25, 0.3) is 0 Å². The van der Waals surface area contributed by atoms with Crippen molar-refractivity contribution in [3.8, 4) is 0 Å². The van der Waals surface area contributed by atoms with Crippen LogP contribution < -0.4 is 5.32 Å². The lowest BCUT2D eigenvalue weighted by Gasteiger charge is -2.22. The number of rotatable bonds is 6. The molecule has 1 fully saturated rings. The molecule has 1 N–H and O–H groups in total. The molecule has 1 aromatic carbocycles. The Morgan fingerprint density at radius 2 is 1.93 bits per heavy atom. The molecule has 0 unspecified atom stereocenters. The summed E-state index contributed by atoms with van der Waals surface area (Å²) in [6, 6.07) is 3.59. The molecule has 1 saturated heterocycles. The van der Waals surface area contributed by atoms with Crippen molar-refractivity contribution < 1.29 is 27.4 Å². The molecule has 0 spiro atoms. The average Bonchev–Trinajstić information content (AvgIpc) is 3.15. The molecule has 6 nitrogen and oxygen atoms in total. The first-order valence-corrected chi connectivity index (χ1v) is 9.20. The van der Waals surface area contributed by atoms with Crippen LogP contribution in [0.2, 0.25) is 0 Å². The Balaban J connectivity index is 1.95. The van der Waals surface area contributed by atoms with E-state index in [1.165, 1.54) is 13.0 Å². The molecule has 1 aromatic heterocycles. The summed E-state index contributed by atoms with van der Waals surface area (Å²) in [5, 5.41) is 3.15. The smallest absolute Gasteiger partial charge is 0.363 e. The van der Waals surface area contributed by atoms with Crippen molar-refractivity contribution in [2.45, 2.75) is 45.7 Å². The maximum atomic E-state index is 13.3. The first-order chi connectivity index (χ1) is 13.7. The average molecular weight is 409 g/mol. The van der Waals surface area contributed by atoms with Crippen molar-refractivity contribution in [3.63, 3.8) is 0 Å². The summed E-state index contributed by atoms with van der Waals surface area (Å²) < 4.78 is 50.7. The third-order valence-corrected chi connectivity index (χ3v) is 4.82. The lowest BCUT2D eigenvalue weighted by Crippen LogP contribution is -2.19. The number of carbonyl (C=O) groups excluding carboxylic acids is 1. The van der Waals surface area contributed by atoms with Gasteiger partial charge in [-0.1, -0.05) is 12.1 Å². The summed E-state index contributed by atoms with van der Waals surface area (Å²) in [5.41, 5.74) is 0.665. The minimum Gasteiger partial charge on any atom is -0.363 e. The van der Waals surface area contributed by atoms with E-state index in [-0.39, 0.29) is 17.7 Å². The summed E-state index contributed by atoms with van der Waals surface area (Å²) in [5.74, 6) is 0.752. The Morgan fingerprint density at radius 1 is 1.24 bits per heavy atom. The molecule has 29 heavy (non-hydrogen) atoms. The maximum absolute atomic E-state index is 13.3. The number of hydrogen-bond acceptors (Lipinski definition) is 6. The van der Waals surface area contributed by atoms with Crippen LogP contribution in [0.1, 0.15) is 51.5 Å². The molecule has 2 aromatic rings. The fourth-order valence-electron chi connectivity index (χ4n) is 3.44. The second-order valence-electron chi connectivity index (χ2n) is 6.86. The lowest BCUT2D eigenvalue weighted by molar-refractivity contribution is -0.138. The molecule has 156 valence electrons. The van der Waals surface area contributed by atoms with Crippen LogP contribution in [-0.2, 0) is 22.1 Å². The van der Waals surface area contributed by atoms with Gasteiger partial charge in [0, 0.05) is 12.0 Å². The van der Waals surface area contributed by atoms with Crippen molar-refractivity contribution >= 4 is 12.1 Å². The molecular weight excluding hydrogens is 387 g/mol. The number of benzene rings is 1. The first kappa shape index (κ1) is 21.2. The Bertz CT molecular complexity index is 897. The van der Waals surface area contributed by atoms with Crippen LogP contribution in [0.4, 0.5) is 19.0 Å². The van der Waals surface area contributed by atoms with Gasteiger partial charge in [-0.25, -0.2) is 9.97 Å². The zero-order chi connectivity index (χ0) is 21.2. The monoisotopic (exact) mass is 409 g/mol. The van der Waals surface area contributed by atoms with E-state index in [2.05, 4.69) is 15.3 Å². The van der Waals surface area contributed by atoms with Gasteiger partial charge in [0.15, 0.2) is 12.6 Å². The first-order valence-electron chi connectivity index (χ1n) is 9.20. The molecule has 0 radical (unpaired) electrons. The van der Waals surface area contributed by atoms with Crippen LogP contribution in [0.15, 0.2) is 18.2 Å². The number of carbonyl (C=O) groups is 1. The number of aldehydes is 1. The van der Waals surface area contributed by atoms with Crippen molar-refractivity contribution in [1.29, 1.82) is 0 Å². The summed E-state index contributed by atoms with van der Waals surface area (Å²) in [4.78, 5) is 20.1. The van der Waals surface area contributed by atoms with E-state index in [1.54, 1.807) is 19.9 Å². The molecule has 0 bridgehead atoms. The SMILES string of the molecule is Cc1nc(C=O)c(CC2OCCO2)c(N[C@H](C)c2cccc(C(F)(F)F)c2C)n1. The maximum Gasteiger partial charge on any atom is 0.416 e. The predicted molar refractivity (Wildman–Crippen MR) is 99.8 cm³/mol. The lowest BCUT2D eigenvalue weighted by atomic mass is 9.97. The van der Waals surface area contributed by atoms with E-state index in [9.17, 15) is 18.0 Å². The van der Waals surface area contributed by atoms with Gasteiger partial charge in [0.05, 0.1) is 24.8 Å². The molecular formula is C20H22F3N3O3. The molecule has 3 rings (SSSR count). The predicted octanol–water partition coefficient (Wildman–Crippen LogP) is 4.01. The van der Waals surface area contributed by atoms with Gasteiger partial charge in [-0.05, 0) is 38.0 Å². The largest absolute Gasteiger partial charge is 0.416 e. The van der Waals surface area contributed by atoms with E-state index in [0.29, 0.717) is 42.3 Å². The number of hydrogen-bond donors (Lipinski definition) is 1. The molecule has 0 amide bonds. The van der Waals surface area contributed by atoms with Gasteiger partial charge in [-0.15, -0.1) is 0 Å². The van der Waals surface area contributed by atoms with Gasteiger partial charge in [-0.2, -0.15) is 13.2 Å². The van der Waals surface area contributed by atoms with Gasteiger partial charge in [-0.3, -0.25) is 4.79 Å². The summed E-state index contributed by atoms with van der Waals surface area (Å²) in [7, 11) is 0. The number of ether oxygens (including phenoxy) is 2. The van der Waals surface area contributed by atoms with E-state index in [1.807, 2.05) is 0 Å². The van der Waals surface area contributed by atoms with Crippen LogP contribution >= 0.6 is 0 Å². The fraction of sp³-hybridized carbons (Fsp3) is 0.450. The molecule has 1 aliphatic heterocycles. The van der Waals surface area contributed by atoms with E-state index < -0.39 is 24.1 Å².